The highest BCUT2D eigenvalue weighted by Crippen LogP contribution is 2.39. The fourth-order valence-corrected chi connectivity index (χ4v) is 3.57. The van der Waals surface area contributed by atoms with Gasteiger partial charge in [0, 0.05) is 30.8 Å². The number of aliphatic hydroxyl groups is 2. The standard InChI is InChI=1S/C16H22Cl2N2O4.C2HF3O2/c1-8-6-20(16(24)14(23)7-21)3-2-9(8)15(19)10-4-11(17)12(18)5-13(10)22;3-2(4,5)1(6)7/h4-5,8-9,14-15,21-23H,2-3,6-7,19H2,1H3;(H,6,7)/t8-,9+,14?,15?;/m0./s1. The molecule has 0 spiro atoms. The number of halogens is 5. The van der Waals surface area contributed by atoms with Gasteiger partial charge in [-0.2, -0.15) is 13.2 Å². The normalized spacial score (nSPS) is 21.0. The number of phenolic OH excluding ortho intramolecular Hbond substituents is 1. The van der Waals surface area contributed by atoms with Crippen LogP contribution in [0.5, 0.6) is 5.75 Å². The highest BCUT2D eigenvalue weighted by Gasteiger charge is 2.38. The average Bonchev–Trinajstić information content (AvgIpc) is 2.68. The highest BCUT2D eigenvalue weighted by atomic mass is 35.5. The van der Waals surface area contributed by atoms with Gasteiger partial charge in [-0.15, -0.1) is 0 Å². The summed E-state index contributed by atoms with van der Waals surface area (Å²) in [6.07, 6.45) is -5.85. The molecule has 13 heteroatoms. The predicted octanol–water partition coefficient (Wildman–Crippen LogP) is 2.17. The van der Waals surface area contributed by atoms with Gasteiger partial charge in [-0.25, -0.2) is 4.79 Å². The van der Waals surface area contributed by atoms with Gasteiger partial charge in [0.1, 0.15) is 5.75 Å². The summed E-state index contributed by atoms with van der Waals surface area (Å²) >= 11 is 11.9. The SMILES string of the molecule is C[C@H]1CN(C(=O)C(O)CO)CC[C@H]1C(N)c1cc(Cl)c(Cl)cc1O.O=C(O)C(F)(F)F. The Labute approximate surface area is 186 Å². The molecule has 0 aromatic heterocycles. The van der Waals surface area contributed by atoms with Crippen LogP contribution in [0.1, 0.15) is 24.9 Å². The molecule has 1 aliphatic rings. The first-order valence-electron chi connectivity index (χ1n) is 9.02. The molecule has 4 atom stereocenters. The van der Waals surface area contributed by atoms with E-state index in [2.05, 4.69) is 0 Å². The smallest absolute Gasteiger partial charge is 0.490 e. The van der Waals surface area contributed by atoms with Crippen LogP contribution < -0.4 is 5.73 Å². The minimum Gasteiger partial charge on any atom is -0.508 e. The van der Waals surface area contributed by atoms with Crippen LogP contribution in [0.25, 0.3) is 0 Å². The molecule has 1 amide bonds. The second kappa shape index (κ2) is 11.2. The number of carbonyl (C=O) groups excluding carboxylic acids is 1. The summed E-state index contributed by atoms with van der Waals surface area (Å²) in [5.74, 6) is -3.15. The minimum absolute atomic E-state index is 0.00157. The molecule has 1 aromatic rings. The molecule has 176 valence electrons. The topological polar surface area (TPSA) is 144 Å². The Morgan fingerprint density at radius 1 is 1.29 bits per heavy atom. The highest BCUT2D eigenvalue weighted by molar-refractivity contribution is 6.42. The quantitative estimate of drug-likeness (QED) is 0.434. The molecule has 0 saturated carbocycles. The molecule has 1 heterocycles. The molecular weight excluding hydrogens is 468 g/mol. The lowest BCUT2D eigenvalue weighted by Gasteiger charge is -2.40. The van der Waals surface area contributed by atoms with Crippen molar-refractivity contribution >= 4 is 35.1 Å². The summed E-state index contributed by atoms with van der Waals surface area (Å²) < 4.78 is 31.7. The molecule has 0 bridgehead atoms. The first kappa shape index (κ1) is 27.2. The molecule has 1 saturated heterocycles. The van der Waals surface area contributed by atoms with E-state index < -0.39 is 36.8 Å². The van der Waals surface area contributed by atoms with Gasteiger partial charge in [0.15, 0.2) is 6.10 Å². The van der Waals surface area contributed by atoms with Crippen molar-refractivity contribution < 1.29 is 43.2 Å². The largest absolute Gasteiger partial charge is 0.508 e. The number of carboxylic acids is 1. The first-order chi connectivity index (χ1) is 14.2. The van der Waals surface area contributed by atoms with E-state index >= 15 is 0 Å². The van der Waals surface area contributed by atoms with Gasteiger partial charge in [-0.1, -0.05) is 30.1 Å². The van der Waals surface area contributed by atoms with E-state index in [0.717, 1.165) is 0 Å². The van der Waals surface area contributed by atoms with E-state index in [0.29, 0.717) is 30.1 Å². The third kappa shape index (κ3) is 7.39. The Morgan fingerprint density at radius 3 is 2.26 bits per heavy atom. The van der Waals surface area contributed by atoms with Crippen molar-refractivity contribution in [2.75, 3.05) is 19.7 Å². The van der Waals surface area contributed by atoms with Crippen LogP contribution in [-0.4, -0.2) is 69.2 Å². The fraction of sp³-hybridized carbons (Fsp3) is 0.556. The Kier molecular flexibility index (Phi) is 9.83. The third-order valence-corrected chi connectivity index (χ3v) is 5.60. The maximum atomic E-state index is 12.0. The van der Waals surface area contributed by atoms with E-state index in [1.54, 1.807) is 6.07 Å². The number of hydrogen-bond acceptors (Lipinski definition) is 6. The summed E-state index contributed by atoms with van der Waals surface area (Å²) in [6, 6.07) is 2.50. The number of aliphatic carboxylic acids is 1. The van der Waals surface area contributed by atoms with Crippen LogP contribution in [0.2, 0.25) is 10.0 Å². The van der Waals surface area contributed by atoms with Crippen molar-refractivity contribution in [3.05, 3.63) is 27.7 Å². The summed E-state index contributed by atoms with van der Waals surface area (Å²) in [6.45, 7) is 2.23. The van der Waals surface area contributed by atoms with E-state index in [-0.39, 0.29) is 22.6 Å². The monoisotopic (exact) mass is 490 g/mol. The van der Waals surface area contributed by atoms with E-state index in [1.165, 1.54) is 11.0 Å². The zero-order valence-corrected chi connectivity index (χ0v) is 17.8. The number of alkyl halides is 3. The van der Waals surface area contributed by atoms with Gasteiger partial charge < -0.3 is 31.1 Å². The molecule has 31 heavy (non-hydrogen) atoms. The summed E-state index contributed by atoms with van der Waals surface area (Å²) in [5.41, 5.74) is 6.86. The average molecular weight is 491 g/mol. The van der Waals surface area contributed by atoms with Crippen LogP contribution >= 0.6 is 23.2 Å². The maximum absolute atomic E-state index is 12.0. The number of carboxylic acid groups (broad SMARTS) is 1. The van der Waals surface area contributed by atoms with Gasteiger partial charge in [-0.05, 0) is 24.3 Å². The lowest BCUT2D eigenvalue weighted by molar-refractivity contribution is -0.192. The molecule has 6 N–H and O–H groups in total. The summed E-state index contributed by atoms with van der Waals surface area (Å²) in [7, 11) is 0. The third-order valence-electron chi connectivity index (χ3n) is 4.87. The van der Waals surface area contributed by atoms with Crippen molar-refractivity contribution in [2.24, 2.45) is 17.6 Å². The van der Waals surface area contributed by atoms with Crippen LogP contribution in [-0.2, 0) is 9.59 Å². The van der Waals surface area contributed by atoms with Crippen LogP contribution in [0.15, 0.2) is 12.1 Å². The van der Waals surface area contributed by atoms with Crippen LogP contribution in [0.3, 0.4) is 0 Å². The maximum Gasteiger partial charge on any atom is 0.490 e. The molecule has 1 fully saturated rings. The summed E-state index contributed by atoms with van der Waals surface area (Å²) in [5, 5.41) is 36.2. The van der Waals surface area contributed by atoms with E-state index in [4.69, 9.17) is 43.9 Å². The Hall–Kier alpha value is -1.79. The van der Waals surface area contributed by atoms with Gasteiger partial charge in [0.25, 0.3) is 5.91 Å². The molecule has 2 unspecified atom stereocenters. The minimum atomic E-state index is -5.08. The Balaban J connectivity index is 0.000000592. The zero-order chi connectivity index (χ0) is 24.1. The Morgan fingerprint density at radius 2 is 1.81 bits per heavy atom. The van der Waals surface area contributed by atoms with Gasteiger partial charge in [0.05, 0.1) is 16.7 Å². The van der Waals surface area contributed by atoms with Crippen molar-refractivity contribution in [1.82, 2.24) is 4.90 Å². The number of aromatic hydroxyl groups is 1. The number of phenols is 1. The van der Waals surface area contributed by atoms with Crippen LogP contribution in [0.4, 0.5) is 13.2 Å². The van der Waals surface area contributed by atoms with Crippen LogP contribution in [0, 0.1) is 11.8 Å². The first-order valence-corrected chi connectivity index (χ1v) is 9.77. The van der Waals surface area contributed by atoms with E-state index in [9.17, 15) is 28.2 Å². The predicted molar refractivity (Wildman–Crippen MR) is 106 cm³/mol. The molecule has 1 aromatic carbocycles. The number of carbonyl (C=O) groups is 2. The fourth-order valence-electron chi connectivity index (χ4n) is 3.24. The number of likely N-dealkylation sites (tertiary alicyclic amines) is 1. The van der Waals surface area contributed by atoms with Gasteiger partial charge in [-0.3, -0.25) is 4.79 Å². The number of benzene rings is 1. The number of piperidine rings is 1. The van der Waals surface area contributed by atoms with Crippen molar-refractivity contribution in [2.45, 2.75) is 31.7 Å². The molecular formula is C18H23Cl2F3N2O6. The lowest BCUT2D eigenvalue weighted by Crippen LogP contribution is -2.49. The Bertz CT molecular complexity index is 796. The van der Waals surface area contributed by atoms with Crippen molar-refractivity contribution in [3.63, 3.8) is 0 Å². The number of rotatable bonds is 4. The molecule has 0 radical (unpaired) electrons. The number of hydrogen-bond donors (Lipinski definition) is 5. The summed E-state index contributed by atoms with van der Waals surface area (Å²) in [4.78, 5) is 22.4. The number of nitrogens with two attached hydrogens (primary N) is 1. The molecule has 1 aliphatic heterocycles. The van der Waals surface area contributed by atoms with Crippen molar-refractivity contribution in [1.29, 1.82) is 0 Å². The second-order valence-corrected chi connectivity index (χ2v) is 7.88. The number of nitrogens with zero attached hydrogens (tertiary/aromatic N) is 1. The second-order valence-electron chi connectivity index (χ2n) is 7.07. The number of aliphatic hydroxyl groups excluding tert-OH is 2. The van der Waals surface area contributed by atoms with Gasteiger partial charge >= 0.3 is 12.1 Å². The van der Waals surface area contributed by atoms with Crippen molar-refractivity contribution in [3.8, 4) is 5.75 Å². The molecule has 0 aliphatic carbocycles. The lowest BCUT2D eigenvalue weighted by atomic mass is 9.79. The number of amides is 1. The molecule has 2 rings (SSSR count). The van der Waals surface area contributed by atoms with E-state index in [1.807, 2.05) is 6.92 Å². The van der Waals surface area contributed by atoms with Gasteiger partial charge in [0.2, 0.25) is 0 Å². The molecule has 8 nitrogen and oxygen atoms in total. The zero-order valence-electron chi connectivity index (χ0n) is 16.3.